The Balaban J connectivity index is 1.81. The van der Waals surface area contributed by atoms with Gasteiger partial charge in [-0.05, 0) is 26.3 Å². The Morgan fingerprint density at radius 3 is 2.83 bits per heavy atom. The molecule has 0 radical (unpaired) electrons. The molecule has 5 nitrogen and oxygen atoms in total. The summed E-state index contributed by atoms with van der Waals surface area (Å²) in [6.07, 6.45) is 2.38. The lowest BCUT2D eigenvalue weighted by Gasteiger charge is -2.34. The Labute approximate surface area is 137 Å². The minimum absolute atomic E-state index is 0.0840. The minimum Gasteiger partial charge on any atom is -0.353 e. The molecule has 0 aliphatic carbocycles. The van der Waals surface area contributed by atoms with Crippen molar-refractivity contribution in [2.75, 3.05) is 0 Å². The van der Waals surface area contributed by atoms with Gasteiger partial charge in [0.15, 0.2) is 0 Å². The zero-order valence-electron chi connectivity index (χ0n) is 14.0. The van der Waals surface area contributed by atoms with E-state index in [-0.39, 0.29) is 18.0 Å². The van der Waals surface area contributed by atoms with Crippen molar-refractivity contribution in [3.05, 3.63) is 53.1 Å². The maximum Gasteiger partial charge on any atom is 0.237 e. The second-order valence-corrected chi connectivity index (χ2v) is 6.60. The number of aromatic nitrogens is 2. The first-order valence-electron chi connectivity index (χ1n) is 8.14. The van der Waals surface area contributed by atoms with Gasteiger partial charge in [0.25, 0.3) is 0 Å². The molecule has 1 amide bonds. The molecular formula is C18H24N4O. The molecule has 2 aromatic rings. The summed E-state index contributed by atoms with van der Waals surface area (Å²) < 4.78 is 0. The molecule has 122 valence electrons. The van der Waals surface area contributed by atoms with Crippen LogP contribution in [0.15, 0.2) is 30.6 Å². The second-order valence-electron chi connectivity index (χ2n) is 6.60. The number of rotatable bonds is 4. The fourth-order valence-electron chi connectivity index (χ4n) is 3.02. The van der Waals surface area contributed by atoms with Crippen molar-refractivity contribution in [1.29, 1.82) is 0 Å². The number of hydrogen-bond acceptors (Lipinski definition) is 3. The fraction of sp³-hybridized carbons (Fsp3) is 0.444. The number of benzene rings is 1. The molecule has 0 saturated heterocycles. The lowest BCUT2D eigenvalue weighted by atomic mass is 10.0. The van der Waals surface area contributed by atoms with Gasteiger partial charge in [-0.2, -0.15) is 0 Å². The minimum atomic E-state index is -0.172. The molecule has 1 aromatic heterocycles. The van der Waals surface area contributed by atoms with E-state index in [0.29, 0.717) is 6.42 Å². The van der Waals surface area contributed by atoms with E-state index in [9.17, 15) is 4.79 Å². The highest BCUT2D eigenvalue weighted by Crippen LogP contribution is 2.23. The van der Waals surface area contributed by atoms with Gasteiger partial charge in [0.2, 0.25) is 5.91 Å². The first kappa shape index (κ1) is 15.7. The van der Waals surface area contributed by atoms with Crippen molar-refractivity contribution in [3.8, 4) is 0 Å². The number of nitrogens with zero attached hydrogens (tertiary/aromatic N) is 2. The number of fused-ring (bicyclic) bond motifs is 1. The standard InChI is InChI=1S/C18H24N4O/c1-12(2)21-18(23)17-8-15-16(20-11-19-15)10-22(17)9-14-6-4-13(3)5-7-14/h4-7,11-12,17H,8-10H2,1-3H3,(H,19,20)(H,21,23)/t17-/m0/s1. The van der Waals surface area contributed by atoms with Crippen LogP contribution in [0.5, 0.6) is 0 Å². The normalized spacial score (nSPS) is 18.0. The van der Waals surface area contributed by atoms with E-state index in [2.05, 4.69) is 51.4 Å². The Morgan fingerprint density at radius 1 is 1.39 bits per heavy atom. The van der Waals surface area contributed by atoms with Crippen molar-refractivity contribution in [2.24, 2.45) is 0 Å². The topological polar surface area (TPSA) is 61.0 Å². The molecule has 0 fully saturated rings. The van der Waals surface area contributed by atoms with Crippen molar-refractivity contribution in [3.63, 3.8) is 0 Å². The maximum absolute atomic E-state index is 12.6. The lowest BCUT2D eigenvalue weighted by Crippen LogP contribution is -2.51. The van der Waals surface area contributed by atoms with E-state index in [0.717, 1.165) is 24.5 Å². The van der Waals surface area contributed by atoms with Crippen LogP contribution in [0.25, 0.3) is 0 Å². The van der Waals surface area contributed by atoms with Crippen LogP contribution >= 0.6 is 0 Å². The number of nitrogens with one attached hydrogen (secondary N) is 2. The third-order valence-electron chi connectivity index (χ3n) is 4.24. The highest BCUT2D eigenvalue weighted by Gasteiger charge is 2.33. The molecule has 5 heteroatoms. The Hall–Kier alpha value is -2.14. The zero-order valence-corrected chi connectivity index (χ0v) is 14.0. The average Bonchev–Trinajstić information content (AvgIpc) is 2.95. The third-order valence-corrected chi connectivity index (χ3v) is 4.24. The molecule has 2 N–H and O–H groups in total. The molecule has 1 aliphatic heterocycles. The largest absolute Gasteiger partial charge is 0.353 e. The summed E-state index contributed by atoms with van der Waals surface area (Å²) in [6.45, 7) is 7.55. The zero-order chi connectivity index (χ0) is 16.4. The van der Waals surface area contributed by atoms with Crippen LogP contribution in [0.3, 0.4) is 0 Å². The van der Waals surface area contributed by atoms with Crippen molar-refractivity contribution in [1.82, 2.24) is 20.2 Å². The van der Waals surface area contributed by atoms with E-state index in [1.807, 2.05) is 13.8 Å². The molecule has 0 saturated carbocycles. The Kier molecular flexibility index (Phi) is 4.48. The summed E-state index contributed by atoms with van der Waals surface area (Å²) in [7, 11) is 0. The van der Waals surface area contributed by atoms with Crippen LogP contribution in [0.1, 0.15) is 36.4 Å². The molecule has 23 heavy (non-hydrogen) atoms. The van der Waals surface area contributed by atoms with Gasteiger partial charge in [-0.1, -0.05) is 29.8 Å². The summed E-state index contributed by atoms with van der Waals surface area (Å²) >= 11 is 0. The number of imidazole rings is 1. The van der Waals surface area contributed by atoms with Crippen molar-refractivity contribution in [2.45, 2.75) is 52.4 Å². The van der Waals surface area contributed by atoms with E-state index in [4.69, 9.17) is 0 Å². The first-order chi connectivity index (χ1) is 11.0. The number of amides is 1. The molecule has 0 unspecified atom stereocenters. The van der Waals surface area contributed by atoms with Crippen LogP contribution in [0.2, 0.25) is 0 Å². The average molecular weight is 312 g/mol. The number of carbonyl (C=O) groups excluding carboxylic acids is 1. The highest BCUT2D eigenvalue weighted by molar-refractivity contribution is 5.82. The van der Waals surface area contributed by atoms with Crippen LogP contribution in [0.4, 0.5) is 0 Å². The smallest absolute Gasteiger partial charge is 0.237 e. The third kappa shape index (κ3) is 3.62. The van der Waals surface area contributed by atoms with Crippen LogP contribution in [0, 0.1) is 6.92 Å². The van der Waals surface area contributed by atoms with E-state index in [1.54, 1.807) is 6.33 Å². The first-order valence-corrected chi connectivity index (χ1v) is 8.14. The fourth-order valence-corrected chi connectivity index (χ4v) is 3.02. The monoisotopic (exact) mass is 312 g/mol. The van der Waals surface area contributed by atoms with Crippen molar-refractivity contribution < 1.29 is 4.79 Å². The summed E-state index contributed by atoms with van der Waals surface area (Å²) in [5, 5.41) is 3.04. The van der Waals surface area contributed by atoms with Gasteiger partial charge in [-0.3, -0.25) is 9.69 Å². The summed E-state index contributed by atoms with van der Waals surface area (Å²) in [6, 6.07) is 8.47. The number of aryl methyl sites for hydroxylation is 1. The predicted molar refractivity (Wildman–Crippen MR) is 89.8 cm³/mol. The van der Waals surface area contributed by atoms with Crippen LogP contribution in [-0.4, -0.2) is 32.9 Å². The number of hydrogen-bond donors (Lipinski definition) is 2. The van der Waals surface area contributed by atoms with Gasteiger partial charge in [0.05, 0.1) is 23.8 Å². The summed E-state index contributed by atoms with van der Waals surface area (Å²) in [5.41, 5.74) is 4.60. The Morgan fingerprint density at radius 2 is 2.13 bits per heavy atom. The van der Waals surface area contributed by atoms with E-state index >= 15 is 0 Å². The van der Waals surface area contributed by atoms with Gasteiger partial charge in [-0.15, -0.1) is 0 Å². The van der Waals surface area contributed by atoms with Gasteiger partial charge >= 0.3 is 0 Å². The molecule has 0 bridgehead atoms. The van der Waals surface area contributed by atoms with Gasteiger partial charge in [0.1, 0.15) is 0 Å². The van der Waals surface area contributed by atoms with Crippen LogP contribution < -0.4 is 5.32 Å². The molecule has 1 aliphatic rings. The van der Waals surface area contributed by atoms with Gasteiger partial charge < -0.3 is 10.3 Å². The summed E-state index contributed by atoms with van der Waals surface area (Å²) in [5.74, 6) is 0.0840. The van der Waals surface area contributed by atoms with Crippen molar-refractivity contribution >= 4 is 5.91 Å². The molecule has 2 heterocycles. The molecule has 0 spiro atoms. The maximum atomic E-state index is 12.6. The summed E-state index contributed by atoms with van der Waals surface area (Å²) in [4.78, 5) is 22.4. The molecule has 1 aromatic carbocycles. The van der Waals surface area contributed by atoms with Gasteiger partial charge in [-0.25, -0.2) is 4.98 Å². The molecule has 1 atom stereocenters. The molecule has 3 rings (SSSR count). The van der Waals surface area contributed by atoms with E-state index < -0.39 is 0 Å². The number of aromatic amines is 1. The predicted octanol–water partition coefficient (Wildman–Crippen LogP) is 2.17. The van der Waals surface area contributed by atoms with Gasteiger partial charge in [0, 0.05) is 25.6 Å². The number of H-pyrrole nitrogens is 1. The lowest BCUT2D eigenvalue weighted by molar-refractivity contribution is -0.127. The number of carbonyl (C=O) groups is 1. The quantitative estimate of drug-likeness (QED) is 0.909. The Bertz CT molecular complexity index is 675. The highest BCUT2D eigenvalue weighted by atomic mass is 16.2. The molecular weight excluding hydrogens is 288 g/mol. The van der Waals surface area contributed by atoms with Crippen LogP contribution in [-0.2, 0) is 24.3 Å². The van der Waals surface area contributed by atoms with E-state index in [1.165, 1.54) is 11.1 Å². The SMILES string of the molecule is Cc1ccc(CN2Cc3[nH]cnc3C[C@H]2C(=O)NC(C)C)cc1. The second kappa shape index (κ2) is 6.54.